The number of aromatic nitrogens is 2. The Bertz CT molecular complexity index is 1110. The highest BCUT2D eigenvalue weighted by Gasteiger charge is 2.31. The van der Waals surface area contributed by atoms with Crippen molar-refractivity contribution in [2.24, 2.45) is 0 Å². The summed E-state index contributed by atoms with van der Waals surface area (Å²) in [5, 5.41) is 4.09. The van der Waals surface area contributed by atoms with E-state index in [4.69, 9.17) is 9.26 Å². The number of carbonyl (C=O) groups excluding carboxylic acids is 1. The summed E-state index contributed by atoms with van der Waals surface area (Å²) in [4.78, 5) is 19.8. The van der Waals surface area contributed by atoms with E-state index >= 15 is 0 Å². The highest BCUT2D eigenvalue weighted by molar-refractivity contribution is 5.96. The Labute approximate surface area is 187 Å². The maximum absolute atomic E-state index is 13.3. The summed E-state index contributed by atoms with van der Waals surface area (Å²) in [6.45, 7) is 9.05. The van der Waals surface area contributed by atoms with Crippen LogP contribution in [-0.4, -0.2) is 40.6 Å². The van der Waals surface area contributed by atoms with Gasteiger partial charge >= 0.3 is 0 Å². The minimum absolute atomic E-state index is 0.0834. The first kappa shape index (κ1) is 22.1. The van der Waals surface area contributed by atoms with Crippen LogP contribution < -0.4 is 0 Å². The van der Waals surface area contributed by atoms with E-state index in [0.29, 0.717) is 43.1 Å². The summed E-state index contributed by atoms with van der Waals surface area (Å²) in [7, 11) is 0. The number of nitrogens with zero attached hydrogens (tertiary/aromatic N) is 3. The van der Waals surface area contributed by atoms with Gasteiger partial charge in [0, 0.05) is 12.2 Å². The summed E-state index contributed by atoms with van der Waals surface area (Å²) >= 11 is 0. The van der Waals surface area contributed by atoms with Gasteiger partial charge < -0.3 is 14.2 Å². The van der Waals surface area contributed by atoms with Crippen molar-refractivity contribution in [2.75, 3.05) is 19.7 Å². The molecule has 1 atom stereocenters. The van der Waals surface area contributed by atoms with Crippen LogP contribution in [0.2, 0.25) is 0 Å². The maximum atomic E-state index is 13.3. The van der Waals surface area contributed by atoms with Gasteiger partial charge in [0.15, 0.2) is 0 Å². The molecule has 4 rings (SSSR count). The number of hydrogen-bond donors (Lipinski definition) is 0. The summed E-state index contributed by atoms with van der Waals surface area (Å²) in [5.74, 6) is 0.303. The molecule has 3 aromatic rings. The molecule has 1 fully saturated rings. The standard InChI is InChI=1S/C25H28FN3O3/c1-15(2)24-23(17(4)32-28-24)25(30)29-9-10-31-22(14-29)21-13-19(11-16(3)27-21)12-18-5-7-20(26)8-6-18/h5-8,11,13,15,22H,9-10,12,14H2,1-4H3/t22-/m0/s1. The van der Waals surface area contributed by atoms with Gasteiger partial charge in [0.05, 0.1) is 24.5 Å². The number of pyridine rings is 1. The van der Waals surface area contributed by atoms with Crippen molar-refractivity contribution in [3.8, 4) is 0 Å². The molecule has 3 heterocycles. The third kappa shape index (κ3) is 4.72. The molecule has 0 aliphatic carbocycles. The topological polar surface area (TPSA) is 68.5 Å². The number of rotatable bonds is 5. The van der Waals surface area contributed by atoms with Crippen molar-refractivity contribution in [3.63, 3.8) is 0 Å². The van der Waals surface area contributed by atoms with Gasteiger partial charge in [-0.1, -0.05) is 31.1 Å². The predicted molar refractivity (Wildman–Crippen MR) is 118 cm³/mol. The van der Waals surface area contributed by atoms with E-state index in [2.05, 4.69) is 10.1 Å². The highest BCUT2D eigenvalue weighted by atomic mass is 19.1. The number of ether oxygens (including phenoxy) is 1. The van der Waals surface area contributed by atoms with Gasteiger partial charge in [-0.2, -0.15) is 0 Å². The van der Waals surface area contributed by atoms with Gasteiger partial charge in [-0.05, 0) is 61.6 Å². The first-order chi connectivity index (χ1) is 15.3. The quantitative estimate of drug-likeness (QED) is 0.576. The zero-order chi connectivity index (χ0) is 22.8. The minimum Gasteiger partial charge on any atom is -0.368 e. The molecule has 2 aromatic heterocycles. The summed E-state index contributed by atoms with van der Waals surface area (Å²) in [6, 6.07) is 10.5. The lowest BCUT2D eigenvalue weighted by molar-refractivity contribution is -0.0249. The molecule has 1 saturated heterocycles. The van der Waals surface area contributed by atoms with Crippen LogP contribution in [-0.2, 0) is 11.2 Å². The van der Waals surface area contributed by atoms with Gasteiger partial charge in [-0.25, -0.2) is 4.39 Å². The Balaban J connectivity index is 1.54. The average molecular weight is 438 g/mol. The number of hydrogen-bond acceptors (Lipinski definition) is 5. The SMILES string of the molecule is Cc1cc(Cc2ccc(F)cc2)cc([C@@H]2CN(C(=O)c3c(C(C)C)noc3C)CCO2)n1. The summed E-state index contributed by atoms with van der Waals surface area (Å²) < 4.78 is 24.5. The smallest absolute Gasteiger partial charge is 0.259 e. The second-order valence-electron chi connectivity index (χ2n) is 8.61. The second kappa shape index (κ2) is 9.20. The van der Waals surface area contributed by atoms with Crippen molar-refractivity contribution in [2.45, 2.75) is 46.1 Å². The van der Waals surface area contributed by atoms with Gasteiger partial charge in [0.25, 0.3) is 5.91 Å². The molecule has 6 nitrogen and oxygen atoms in total. The van der Waals surface area contributed by atoms with E-state index in [0.717, 1.165) is 22.5 Å². The van der Waals surface area contributed by atoms with Gasteiger partial charge in [0.2, 0.25) is 0 Å². The molecule has 0 radical (unpaired) electrons. The zero-order valence-corrected chi connectivity index (χ0v) is 18.9. The molecule has 1 amide bonds. The van der Waals surface area contributed by atoms with Crippen molar-refractivity contribution >= 4 is 5.91 Å². The molecular weight excluding hydrogens is 409 g/mol. The van der Waals surface area contributed by atoms with Crippen molar-refractivity contribution in [1.82, 2.24) is 15.0 Å². The van der Waals surface area contributed by atoms with Crippen LogP contribution in [0, 0.1) is 19.7 Å². The molecule has 1 aliphatic rings. The van der Waals surface area contributed by atoms with Crippen LogP contribution in [0.3, 0.4) is 0 Å². The monoisotopic (exact) mass is 437 g/mol. The van der Waals surface area contributed by atoms with E-state index in [1.165, 1.54) is 12.1 Å². The number of amides is 1. The van der Waals surface area contributed by atoms with Crippen LogP contribution in [0.1, 0.15) is 70.2 Å². The normalized spacial score (nSPS) is 16.6. The van der Waals surface area contributed by atoms with Gasteiger partial charge in [-0.15, -0.1) is 0 Å². The number of halogens is 1. The molecule has 1 aromatic carbocycles. The lowest BCUT2D eigenvalue weighted by Gasteiger charge is -2.33. The molecule has 168 valence electrons. The van der Waals surface area contributed by atoms with Crippen LogP contribution in [0.5, 0.6) is 0 Å². The van der Waals surface area contributed by atoms with Crippen LogP contribution in [0.4, 0.5) is 4.39 Å². The fourth-order valence-corrected chi connectivity index (χ4v) is 4.09. The van der Waals surface area contributed by atoms with E-state index in [-0.39, 0.29) is 23.7 Å². The highest BCUT2D eigenvalue weighted by Crippen LogP contribution is 2.27. The number of carbonyl (C=O) groups is 1. The first-order valence-corrected chi connectivity index (χ1v) is 10.9. The Kier molecular flexibility index (Phi) is 6.37. The Hall–Kier alpha value is -3.06. The molecule has 1 aliphatic heterocycles. The number of benzene rings is 1. The third-order valence-corrected chi connectivity index (χ3v) is 5.69. The molecule has 32 heavy (non-hydrogen) atoms. The van der Waals surface area contributed by atoms with Crippen molar-refractivity contribution in [3.05, 3.63) is 81.7 Å². The van der Waals surface area contributed by atoms with Crippen LogP contribution >= 0.6 is 0 Å². The Morgan fingerprint density at radius 1 is 1.19 bits per heavy atom. The lowest BCUT2D eigenvalue weighted by atomic mass is 10.0. The zero-order valence-electron chi connectivity index (χ0n) is 18.9. The number of aryl methyl sites for hydroxylation is 2. The summed E-state index contributed by atoms with van der Waals surface area (Å²) in [6.07, 6.45) is 0.353. The van der Waals surface area contributed by atoms with Crippen LogP contribution in [0.25, 0.3) is 0 Å². The van der Waals surface area contributed by atoms with Crippen molar-refractivity contribution in [1.29, 1.82) is 0 Å². The molecule has 0 unspecified atom stereocenters. The number of morpholine rings is 1. The van der Waals surface area contributed by atoms with Gasteiger partial charge in [-0.3, -0.25) is 9.78 Å². The van der Waals surface area contributed by atoms with Gasteiger partial charge in [0.1, 0.15) is 23.2 Å². The van der Waals surface area contributed by atoms with E-state index < -0.39 is 0 Å². The molecule has 7 heteroatoms. The largest absolute Gasteiger partial charge is 0.368 e. The maximum Gasteiger partial charge on any atom is 0.259 e. The van der Waals surface area contributed by atoms with E-state index in [9.17, 15) is 9.18 Å². The molecule has 0 saturated carbocycles. The third-order valence-electron chi connectivity index (χ3n) is 5.69. The summed E-state index contributed by atoms with van der Waals surface area (Å²) in [5.41, 5.74) is 5.01. The van der Waals surface area contributed by atoms with E-state index in [1.54, 1.807) is 24.0 Å². The molecule has 0 bridgehead atoms. The van der Waals surface area contributed by atoms with Crippen LogP contribution in [0.15, 0.2) is 40.9 Å². The fourth-order valence-electron chi connectivity index (χ4n) is 4.09. The first-order valence-electron chi connectivity index (χ1n) is 10.9. The molecular formula is C25H28FN3O3. The fraction of sp³-hybridized carbons (Fsp3) is 0.400. The Morgan fingerprint density at radius 2 is 1.94 bits per heavy atom. The van der Waals surface area contributed by atoms with E-state index in [1.807, 2.05) is 32.9 Å². The molecule has 0 N–H and O–H groups in total. The molecule has 0 spiro atoms. The minimum atomic E-state index is -0.317. The lowest BCUT2D eigenvalue weighted by Crippen LogP contribution is -2.43. The average Bonchev–Trinajstić information content (AvgIpc) is 3.16. The predicted octanol–water partition coefficient (Wildman–Crippen LogP) is 4.75. The second-order valence-corrected chi connectivity index (χ2v) is 8.61. The van der Waals surface area contributed by atoms with Crippen molar-refractivity contribution < 1.29 is 18.4 Å². The Morgan fingerprint density at radius 3 is 2.66 bits per heavy atom.